The number of carboxylic acids is 1. The number of hydrogen-bond donors (Lipinski definition) is 4. The van der Waals surface area contributed by atoms with Crippen LogP contribution in [0.4, 0.5) is 0 Å². The van der Waals surface area contributed by atoms with Gasteiger partial charge in [0.1, 0.15) is 11.8 Å². The van der Waals surface area contributed by atoms with Crippen LogP contribution in [0.1, 0.15) is 34.3 Å². The number of halogens is 2. The lowest BCUT2D eigenvalue weighted by molar-refractivity contribution is -0.139. The summed E-state index contributed by atoms with van der Waals surface area (Å²) < 4.78 is 36.4. The van der Waals surface area contributed by atoms with Crippen molar-refractivity contribution < 1.29 is 37.7 Å². The first-order chi connectivity index (χ1) is 18.6. The van der Waals surface area contributed by atoms with Crippen LogP contribution in [0, 0.1) is 0 Å². The van der Waals surface area contributed by atoms with E-state index in [2.05, 4.69) is 5.32 Å². The van der Waals surface area contributed by atoms with Gasteiger partial charge in [-0.15, -0.1) is 0 Å². The van der Waals surface area contributed by atoms with Gasteiger partial charge in [-0.1, -0.05) is 54.4 Å². The second-order valence-corrected chi connectivity index (χ2v) is 14.0. The van der Waals surface area contributed by atoms with Crippen molar-refractivity contribution in [1.82, 2.24) is 5.32 Å². The fourth-order valence-electron chi connectivity index (χ4n) is 3.78. The highest BCUT2D eigenvalue weighted by Crippen LogP contribution is 2.43. The lowest BCUT2D eigenvalue weighted by atomic mass is 9.99. The molecule has 0 aliphatic heterocycles. The van der Waals surface area contributed by atoms with Gasteiger partial charge in [-0.3, -0.25) is 9.36 Å². The van der Waals surface area contributed by atoms with E-state index in [9.17, 15) is 37.7 Å². The number of phenols is 1. The molecule has 2 unspecified atom stereocenters. The highest BCUT2D eigenvalue weighted by Gasteiger charge is 2.25. The molecule has 0 saturated carbocycles. The van der Waals surface area contributed by atoms with Gasteiger partial charge < -0.3 is 20.4 Å². The maximum absolute atomic E-state index is 13.0. The van der Waals surface area contributed by atoms with Gasteiger partial charge in [-0.2, -0.15) is 0 Å². The molecule has 0 radical (unpaired) electrons. The molecule has 3 aromatic rings. The van der Waals surface area contributed by atoms with E-state index in [0.29, 0.717) is 11.1 Å². The summed E-state index contributed by atoms with van der Waals surface area (Å²) in [6, 6.07) is 12.7. The van der Waals surface area contributed by atoms with Crippen LogP contribution in [0.2, 0.25) is 10.0 Å². The quantitative estimate of drug-likeness (QED) is 0.235. The Morgan fingerprint density at radius 2 is 1.68 bits per heavy atom. The van der Waals surface area contributed by atoms with E-state index in [1.165, 1.54) is 60.7 Å². The van der Waals surface area contributed by atoms with Crippen LogP contribution < -0.4 is 10.6 Å². The summed E-state index contributed by atoms with van der Waals surface area (Å²) in [4.78, 5) is 35.3. The molecule has 9 nitrogen and oxygen atoms in total. The van der Waals surface area contributed by atoms with Crippen molar-refractivity contribution in [3.8, 4) is 5.75 Å². The number of hydrogen-bond acceptors (Lipinski definition) is 6. The molecular formula is C27H26Cl2NO8PS. The standard InChI is InChI=1S/C27H26Cl2NO8PS/c1-16(9-10-39(35,36)20-7-4-6-19(31)15-20)18-13-22(28)25(23(29)14-18)26(32)30-24(27(33)34)12-17-5-3-8-21(11-17)40(2,37)38/h3-11,13-16,24,31H,12H2,1-2H3,(H,30,32)(H,33,34)(H,35,36)/b10-9+/t16?,24-/m0/s1. The van der Waals surface area contributed by atoms with Gasteiger partial charge in [-0.05, 0) is 59.5 Å². The molecule has 3 rings (SSSR count). The predicted molar refractivity (Wildman–Crippen MR) is 154 cm³/mol. The summed E-state index contributed by atoms with van der Waals surface area (Å²) in [5.74, 6) is -1.67. The summed E-state index contributed by atoms with van der Waals surface area (Å²) in [6.45, 7) is 1.71. The molecule has 0 saturated heterocycles. The van der Waals surface area contributed by atoms with Crippen molar-refractivity contribution in [2.45, 2.75) is 30.2 Å². The zero-order valence-corrected chi connectivity index (χ0v) is 24.5. The molecule has 0 aliphatic rings. The number of carbonyl (C=O) groups excluding carboxylic acids is 1. The third-order valence-corrected chi connectivity index (χ3v) is 9.26. The second kappa shape index (κ2) is 12.6. The number of carboxylic acid groups (broad SMARTS) is 1. The highest BCUT2D eigenvalue weighted by molar-refractivity contribution is 7.90. The number of amides is 1. The predicted octanol–water partition coefficient (Wildman–Crippen LogP) is 4.74. The summed E-state index contributed by atoms with van der Waals surface area (Å²) >= 11 is 12.7. The first kappa shape index (κ1) is 31.4. The zero-order valence-electron chi connectivity index (χ0n) is 21.3. The van der Waals surface area contributed by atoms with Crippen molar-refractivity contribution in [3.63, 3.8) is 0 Å². The smallest absolute Gasteiger partial charge is 0.326 e. The fraction of sp³-hybridized carbons (Fsp3) is 0.185. The van der Waals surface area contributed by atoms with Gasteiger partial charge in [0.15, 0.2) is 9.84 Å². The van der Waals surface area contributed by atoms with Crippen LogP contribution in [0.3, 0.4) is 0 Å². The number of aromatic hydroxyl groups is 1. The normalized spacial score (nSPS) is 14.8. The lowest BCUT2D eigenvalue weighted by Crippen LogP contribution is -2.42. The van der Waals surface area contributed by atoms with Gasteiger partial charge in [0.2, 0.25) is 0 Å². The molecule has 4 N–H and O–H groups in total. The molecule has 0 spiro atoms. The van der Waals surface area contributed by atoms with Crippen molar-refractivity contribution in [2.75, 3.05) is 6.26 Å². The lowest BCUT2D eigenvalue weighted by Gasteiger charge is -2.17. The van der Waals surface area contributed by atoms with Gasteiger partial charge in [0.05, 0.1) is 20.5 Å². The van der Waals surface area contributed by atoms with Crippen molar-refractivity contribution >= 4 is 57.6 Å². The Kier molecular flexibility index (Phi) is 9.87. The minimum atomic E-state index is -3.92. The maximum Gasteiger partial charge on any atom is 0.326 e. The number of rotatable bonds is 10. The average molecular weight is 626 g/mol. The van der Waals surface area contributed by atoms with E-state index >= 15 is 0 Å². The number of sulfone groups is 1. The Balaban J connectivity index is 1.80. The number of nitrogens with one attached hydrogen (secondary N) is 1. The molecular weight excluding hydrogens is 600 g/mol. The van der Waals surface area contributed by atoms with Crippen molar-refractivity contribution in [1.29, 1.82) is 0 Å². The summed E-state index contributed by atoms with van der Waals surface area (Å²) in [6.07, 6.45) is 2.31. The van der Waals surface area contributed by atoms with Crippen LogP contribution in [0.15, 0.2) is 77.5 Å². The average Bonchev–Trinajstić information content (AvgIpc) is 2.86. The largest absolute Gasteiger partial charge is 0.508 e. The summed E-state index contributed by atoms with van der Waals surface area (Å²) in [5, 5.41) is 21.6. The maximum atomic E-state index is 13.0. The summed E-state index contributed by atoms with van der Waals surface area (Å²) in [5.41, 5.74) is 0.744. The number of benzene rings is 3. The first-order valence-corrected chi connectivity index (χ1v) is 16.1. The minimum Gasteiger partial charge on any atom is -0.508 e. The third-order valence-electron chi connectivity index (χ3n) is 5.96. The van der Waals surface area contributed by atoms with E-state index in [4.69, 9.17) is 23.2 Å². The number of carbonyl (C=O) groups is 2. The molecule has 212 valence electrons. The summed E-state index contributed by atoms with van der Waals surface area (Å²) in [7, 11) is -7.43. The van der Waals surface area contributed by atoms with Crippen molar-refractivity contribution in [3.05, 3.63) is 99.3 Å². The SMILES string of the molecule is CC(/C=C/P(=O)(O)c1cccc(O)c1)c1cc(Cl)c(C(=O)N[C@@H](Cc2cccc(S(C)(=O)=O)c2)C(=O)O)c(Cl)c1. The third kappa shape index (κ3) is 7.96. The van der Waals surface area contributed by atoms with E-state index in [1.54, 1.807) is 13.0 Å². The van der Waals surface area contributed by atoms with Crippen LogP contribution in [0.5, 0.6) is 5.75 Å². The molecule has 3 aromatic carbocycles. The number of aliphatic carboxylic acids is 1. The second-order valence-electron chi connectivity index (χ2n) is 9.12. The zero-order chi connectivity index (χ0) is 29.8. The van der Waals surface area contributed by atoms with E-state index in [-0.39, 0.29) is 38.0 Å². The molecule has 1 amide bonds. The molecule has 0 aliphatic carbocycles. The van der Waals surface area contributed by atoms with Crippen LogP contribution in [-0.2, 0) is 25.6 Å². The molecule has 40 heavy (non-hydrogen) atoms. The Bertz CT molecular complexity index is 1620. The van der Waals surface area contributed by atoms with Crippen LogP contribution >= 0.6 is 30.6 Å². The van der Waals surface area contributed by atoms with E-state index in [1.807, 2.05) is 0 Å². The fourth-order valence-corrected chi connectivity index (χ4v) is 6.42. The van der Waals surface area contributed by atoms with Gasteiger partial charge >= 0.3 is 5.97 Å². The van der Waals surface area contributed by atoms with Crippen molar-refractivity contribution in [2.24, 2.45) is 0 Å². The Morgan fingerprint density at radius 1 is 1.05 bits per heavy atom. The topological polar surface area (TPSA) is 158 Å². The van der Waals surface area contributed by atoms with Gasteiger partial charge in [0.25, 0.3) is 13.3 Å². The van der Waals surface area contributed by atoms with Crippen LogP contribution in [-0.4, -0.2) is 47.7 Å². The number of allylic oxidation sites excluding steroid dienone is 1. The number of phenolic OH excluding ortho intramolecular Hbond substituents is 1. The molecule has 13 heteroatoms. The van der Waals surface area contributed by atoms with E-state index in [0.717, 1.165) is 12.1 Å². The molecule has 3 atom stereocenters. The Hall–Kier alpha value is -3.14. The molecule has 0 fully saturated rings. The van der Waals surface area contributed by atoms with Gasteiger partial charge in [0, 0.05) is 23.8 Å². The van der Waals surface area contributed by atoms with E-state index < -0.39 is 41.0 Å². The van der Waals surface area contributed by atoms with Crippen LogP contribution in [0.25, 0.3) is 0 Å². The Morgan fingerprint density at radius 3 is 2.25 bits per heavy atom. The molecule has 0 bridgehead atoms. The molecule has 0 aromatic heterocycles. The first-order valence-electron chi connectivity index (χ1n) is 11.7. The Labute approximate surface area is 241 Å². The highest BCUT2D eigenvalue weighted by atomic mass is 35.5. The minimum absolute atomic E-state index is 0.0183. The van der Waals surface area contributed by atoms with Gasteiger partial charge in [-0.25, -0.2) is 13.2 Å². The molecule has 0 heterocycles. The monoisotopic (exact) mass is 625 g/mol.